The molecule has 0 atom stereocenters. The van der Waals surface area contributed by atoms with Crippen LogP contribution in [0.15, 0.2) is 60.0 Å². The van der Waals surface area contributed by atoms with Crippen molar-refractivity contribution in [2.45, 2.75) is 12.8 Å². The number of para-hydroxylation sites is 1. The lowest BCUT2D eigenvalue weighted by atomic mass is 10.0. The fourth-order valence-corrected chi connectivity index (χ4v) is 3.20. The number of fused-ring (bicyclic) bond motifs is 1. The van der Waals surface area contributed by atoms with Gasteiger partial charge in [0.15, 0.2) is 0 Å². The van der Waals surface area contributed by atoms with E-state index in [2.05, 4.69) is 32.4 Å². The van der Waals surface area contributed by atoms with Crippen molar-refractivity contribution < 1.29 is 4.79 Å². The van der Waals surface area contributed by atoms with Gasteiger partial charge in [-0.1, -0.05) is 18.2 Å². The number of nitrogens with zero attached hydrogens (tertiary/aromatic N) is 4. The van der Waals surface area contributed by atoms with Crippen LogP contribution in [0.3, 0.4) is 0 Å². The lowest BCUT2D eigenvalue weighted by molar-refractivity contribution is 0.0956. The Morgan fingerprint density at radius 2 is 1.96 bits per heavy atom. The van der Waals surface area contributed by atoms with Crippen molar-refractivity contribution in [3.05, 3.63) is 60.4 Å². The number of pyridine rings is 2. The van der Waals surface area contributed by atoms with Crippen LogP contribution in [0.5, 0.6) is 0 Å². The molecule has 4 rings (SSSR count). The third-order valence-corrected chi connectivity index (χ3v) is 4.80. The molecule has 2 aromatic heterocycles. The number of piperidine rings is 1. The normalized spacial score (nSPS) is 14.9. The monoisotopic (exact) mass is 359 g/mol. The molecular formula is C21H21N5O. The Morgan fingerprint density at radius 3 is 2.74 bits per heavy atom. The SMILES string of the molecule is CN1CCC(=NNC(=O)c2cc(-c3cccnc3)nc3ccccc23)CC1. The summed E-state index contributed by atoms with van der Waals surface area (Å²) in [7, 11) is 2.10. The maximum absolute atomic E-state index is 12.9. The minimum Gasteiger partial charge on any atom is -0.306 e. The van der Waals surface area contributed by atoms with Gasteiger partial charge in [0.1, 0.15) is 0 Å². The Hall–Kier alpha value is -3.12. The van der Waals surface area contributed by atoms with E-state index in [-0.39, 0.29) is 5.91 Å². The number of carbonyl (C=O) groups excluding carboxylic acids is 1. The lowest BCUT2D eigenvalue weighted by Gasteiger charge is -2.22. The van der Waals surface area contributed by atoms with Crippen molar-refractivity contribution in [2.24, 2.45) is 5.10 Å². The zero-order valence-corrected chi connectivity index (χ0v) is 15.2. The number of hydrogen-bond donors (Lipinski definition) is 1. The third kappa shape index (κ3) is 3.85. The second-order valence-corrected chi connectivity index (χ2v) is 6.74. The molecule has 6 heteroatoms. The summed E-state index contributed by atoms with van der Waals surface area (Å²) >= 11 is 0. The highest BCUT2D eigenvalue weighted by Gasteiger charge is 2.15. The minimum atomic E-state index is -0.217. The Balaban J connectivity index is 1.67. The fourth-order valence-electron chi connectivity index (χ4n) is 3.20. The van der Waals surface area contributed by atoms with Gasteiger partial charge in [-0.25, -0.2) is 10.4 Å². The zero-order chi connectivity index (χ0) is 18.6. The van der Waals surface area contributed by atoms with Crippen molar-refractivity contribution in [1.29, 1.82) is 0 Å². The first-order chi connectivity index (χ1) is 13.2. The molecule has 1 saturated heterocycles. The summed E-state index contributed by atoms with van der Waals surface area (Å²) in [5, 5.41) is 5.17. The van der Waals surface area contributed by atoms with Crippen molar-refractivity contribution in [2.75, 3.05) is 20.1 Å². The predicted octanol–water partition coefficient (Wildman–Crippen LogP) is 3.11. The standard InChI is InChI=1S/C21H21N5O/c1-26-11-8-16(9-12-26)24-25-21(27)18-13-20(15-5-4-10-22-14-15)23-19-7-3-2-6-17(18)19/h2-7,10,13-14H,8-9,11-12H2,1H3,(H,25,27). The van der Waals surface area contributed by atoms with Crippen molar-refractivity contribution in [3.8, 4) is 11.3 Å². The van der Waals surface area contributed by atoms with E-state index in [4.69, 9.17) is 0 Å². The summed E-state index contributed by atoms with van der Waals surface area (Å²) in [5.41, 5.74) is 6.71. The molecule has 0 bridgehead atoms. The topological polar surface area (TPSA) is 70.5 Å². The molecule has 136 valence electrons. The molecule has 1 aliphatic heterocycles. The molecule has 6 nitrogen and oxygen atoms in total. The van der Waals surface area contributed by atoms with Crippen LogP contribution < -0.4 is 5.43 Å². The number of likely N-dealkylation sites (tertiary alicyclic amines) is 1. The quantitative estimate of drug-likeness (QED) is 0.730. The second-order valence-electron chi connectivity index (χ2n) is 6.74. The average molecular weight is 359 g/mol. The highest BCUT2D eigenvalue weighted by Crippen LogP contribution is 2.24. The fraction of sp³-hybridized carbons (Fsp3) is 0.238. The van der Waals surface area contributed by atoms with Crippen LogP contribution in [0.1, 0.15) is 23.2 Å². The van der Waals surface area contributed by atoms with Crippen LogP contribution in [-0.4, -0.2) is 46.6 Å². The van der Waals surface area contributed by atoms with E-state index in [0.29, 0.717) is 5.56 Å². The highest BCUT2D eigenvalue weighted by atomic mass is 16.2. The molecule has 0 aliphatic carbocycles. The van der Waals surface area contributed by atoms with E-state index < -0.39 is 0 Å². The van der Waals surface area contributed by atoms with Gasteiger partial charge in [0, 0.05) is 55.0 Å². The maximum atomic E-state index is 12.9. The molecule has 0 saturated carbocycles. The number of benzene rings is 1. The molecule has 0 unspecified atom stereocenters. The Bertz CT molecular complexity index is 990. The molecule has 27 heavy (non-hydrogen) atoms. The van der Waals surface area contributed by atoms with E-state index in [1.165, 1.54) is 0 Å². The summed E-state index contributed by atoms with van der Waals surface area (Å²) in [5.74, 6) is -0.217. The van der Waals surface area contributed by atoms with Gasteiger partial charge in [0.05, 0.1) is 16.8 Å². The van der Waals surface area contributed by atoms with Crippen LogP contribution in [0.4, 0.5) is 0 Å². The number of aromatic nitrogens is 2. The number of rotatable bonds is 3. The Labute approximate surface area is 157 Å². The molecule has 1 aliphatic rings. The van der Waals surface area contributed by atoms with Crippen LogP contribution in [0.2, 0.25) is 0 Å². The first kappa shape index (κ1) is 17.3. The van der Waals surface area contributed by atoms with E-state index in [1.807, 2.05) is 42.5 Å². The van der Waals surface area contributed by atoms with Crippen molar-refractivity contribution >= 4 is 22.5 Å². The number of carbonyl (C=O) groups is 1. The van der Waals surface area contributed by atoms with Gasteiger partial charge >= 0.3 is 0 Å². The first-order valence-electron chi connectivity index (χ1n) is 9.05. The van der Waals surface area contributed by atoms with Gasteiger partial charge in [-0.2, -0.15) is 5.10 Å². The highest BCUT2D eigenvalue weighted by molar-refractivity contribution is 6.07. The smallest absolute Gasteiger partial charge is 0.272 e. The van der Waals surface area contributed by atoms with Crippen LogP contribution in [0.25, 0.3) is 22.2 Å². The summed E-state index contributed by atoms with van der Waals surface area (Å²) < 4.78 is 0. The zero-order valence-electron chi connectivity index (χ0n) is 15.2. The van der Waals surface area contributed by atoms with Crippen LogP contribution in [0, 0.1) is 0 Å². The van der Waals surface area contributed by atoms with Gasteiger partial charge in [0.25, 0.3) is 5.91 Å². The van der Waals surface area contributed by atoms with Crippen molar-refractivity contribution in [1.82, 2.24) is 20.3 Å². The third-order valence-electron chi connectivity index (χ3n) is 4.80. The number of hydrazone groups is 1. The average Bonchev–Trinajstić information content (AvgIpc) is 2.73. The van der Waals surface area contributed by atoms with Gasteiger partial charge in [-0.05, 0) is 31.3 Å². The Morgan fingerprint density at radius 1 is 1.15 bits per heavy atom. The second kappa shape index (κ2) is 7.63. The first-order valence-corrected chi connectivity index (χ1v) is 9.05. The van der Waals surface area contributed by atoms with E-state index in [1.54, 1.807) is 12.4 Å². The van der Waals surface area contributed by atoms with E-state index >= 15 is 0 Å². The van der Waals surface area contributed by atoms with Gasteiger partial charge in [-0.15, -0.1) is 0 Å². The van der Waals surface area contributed by atoms with Crippen LogP contribution >= 0.6 is 0 Å². The van der Waals surface area contributed by atoms with E-state index in [9.17, 15) is 4.79 Å². The largest absolute Gasteiger partial charge is 0.306 e. The Kier molecular flexibility index (Phi) is 4.89. The molecule has 3 heterocycles. The summed E-state index contributed by atoms with van der Waals surface area (Å²) in [4.78, 5) is 24.0. The molecule has 1 amide bonds. The number of hydrogen-bond acceptors (Lipinski definition) is 5. The number of nitrogens with one attached hydrogen (secondary N) is 1. The minimum absolute atomic E-state index is 0.217. The molecule has 1 N–H and O–H groups in total. The maximum Gasteiger partial charge on any atom is 0.272 e. The summed E-state index contributed by atoms with van der Waals surface area (Å²) in [6.07, 6.45) is 5.23. The number of amides is 1. The molecule has 0 spiro atoms. The van der Waals surface area contributed by atoms with Gasteiger partial charge < -0.3 is 4.90 Å². The van der Waals surface area contributed by atoms with Crippen LogP contribution in [-0.2, 0) is 0 Å². The molecular weight excluding hydrogens is 338 g/mol. The predicted molar refractivity (Wildman–Crippen MR) is 107 cm³/mol. The van der Waals surface area contributed by atoms with Gasteiger partial charge in [-0.3, -0.25) is 9.78 Å². The van der Waals surface area contributed by atoms with Crippen molar-refractivity contribution in [3.63, 3.8) is 0 Å². The molecule has 3 aromatic rings. The lowest BCUT2D eigenvalue weighted by Crippen LogP contribution is -2.32. The van der Waals surface area contributed by atoms with E-state index in [0.717, 1.165) is 53.8 Å². The molecule has 1 fully saturated rings. The molecule has 0 radical (unpaired) electrons. The van der Waals surface area contributed by atoms with Gasteiger partial charge in [0.2, 0.25) is 0 Å². The summed E-state index contributed by atoms with van der Waals surface area (Å²) in [6.45, 7) is 1.94. The molecule has 1 aromatic carbocycles. The summed E-state index contributed by atoms with van der Waals surface area (Å²) in [6, 6.07) is 13.3.